The Bertz CT molecular complexity index is 431. The van der Waals surface area contributed by atoms with Gasteiger partial charge in [-0.25, -0.2) is 0 Å². The fraction of sp³-hybridized carbons (Fsp3) is 0.533. The summed E-state index contributed by atoms with van der Waals surface area (Å²) in [5, 5.41) is 6.12. The molecule has 0 spiro atoms. The van der Waals surface area contributed by atoms with Gasteiger partial charge in [0.25, 0.3) is 0 Å². The molecule has 20 heavy (non-hydrogen) atoms. The van der Waals surface area contributed by atoms with E-state index in [1.807, 2.05) is 31.2 Å². The Labute approximate surface area is 119 Å². The lowest BCUT2D eigenvalue weighted by Crippen LogP contribution is -2.44. The van der Waals surface area contributed by atoms with Crippen molar-refractivity contribution in [2.75, 3.05) is 32.9 Å². The molecule has 1 heterocycles. The van der Waals surface area contributed by atoms with Crippen LogP contribution in [0.5, 0.6) is 5.75 Å². The maximum absolute atomic E-state index is 11.7. The number of benzene rings is 1. The second-order valence-electron chi connectivity index (χ2n) is 4.89. The van der Waals surface area contributed by atoms with E-state index in [1.54, 1.807) is 0 Å². The smallest absolute Gasteiger partial charge is 0.221 e. The van der Waals surface area contributed by atoms with E-state index in [0.717, 1.165) is 24.5 Å². The molecule has 1 fully saturated rings. The van der Waals surface area contributed by atoms with Crippen LogP contribution < -0.4 is 15.4 Å². The Balaban J connectivity index is 1.60. The van der Waals surface area contributed by atoms with Crippen molar-refractivity contribution < 1.29 is 14.3 Å². The number of rotatable bonds is 6. The largest absolute Gasteiger partial charge is 0.491 e. The number of aryl methyl sites for hydroxylation is 1. The van der Waals surface area contributed by atoms with Crippen molar-refractivity contribution in [1.82, 2.24) is 10.6 Å². The Morgan fingerprint density at radius 3 is 3.10 bits per heavy atom. The highest BCUT2D eigenvalue weighted by molar-refractivity contribution is 5.76. The van der Waals surface area contributed by atoms with Gasteiger partial charge in [0, 0.05) is 19.0 Å². The predicted molar refractivity (Wildman–Crippen MR) is 76.9 cm³/mol. The molecule has 110 valence electrons. The molecule has 0 radical (unpaired) electrons. The third-order valence-corrected chi connectivity index (χ3v) is 3.21. The van der Waals surface area contributed by atoms with Crippen LogP contribution in [-0.4, -0.2) is 44.9 Å². The number of nitrogens with one attached hydrogen (secondary N) is 2. The number of ether oxygens (including phenoxy) is 2. The summed E-state index contributed by atoms with van der Waals surface area (Å²) in [6.07, 6.45) is 0.449. The topological polar surface area (TPSA) is 59.6 Å². The predicted octanol–water partition coefficient (Wildman–Crippen LogP) is 0.869. The van der Waals surface area contributed by atoms with Gasteiger partial charge in [-0.15, -0.1) is 0 Å². The van der Waals surface area contributed by atoms with Crippen LogP contribution in [0.4, 0.5) is 0 Å². The quantitative estimate of drug-likeness (QED) is 0.758. The van der Waals surface area contributed by atoms with E-state index in [1.165, 1.54) is 0 Å². The van der Waals surface area contributed by atoms with Crippen LogP contribution in [0.15, 0.2) is 24.3 Å². The molecule has 1 aromatic carbocycles. The van der Waals surface area contributed by atoms with Gasteiger partial charge in [0.2, 0.25) is 5.91 Å². The molecule has 0 bridgehead atoms. The lowest BCUT2D eigenvalue weighted by molar-refractivity contribution is -0.122. The first-order chi connectivity index (χ1) is 9.75. The van der Waals surface area contributed by atoms with Gasteiger partial charge in [0.15, 0.2) is 0 Å². The average molecular weight is 278 g/mol. The van der Waals surface area contributed by atoms with Gasteiger partial charge in [0.05, 0.1) is 19.8 Å². The van der Waals surface area contributed by atoms with Crippen LogP contribution >= 0.6 is 0 Å². The first kappa shape index (κ1) is 14.8. The second kappa shape index (κ2) is 7.87. The maximum Gasteiger partial charge on any atom is 0.221 e. The number of hydrogen-bond acceptors (Lipinski definition) is 4. The first-order valence-electron chi connectivity index (χ1n) is 7.02. The molecule has 1 atom stereocenters. The second-order valence-corrected chi connectivity index (χ2v) is 4.89. The molecule has 1 unspecified atom stereocenters. The molecule has 1 aliphatic heterocycles. The molecule has 1 amide bonds. The lowest BCUT2D eigenvalue weighted by Gasteiger charge is -2.23. The van der Waals surface area contributed by atoms with Crippen molar-refractivity contribution in [3.63, 3.8) is 0 Å². The van der Waals surface area contributed by atoms with E-state index < -0.39 is 0 Å². The molecule has 1 saturated heterocycles. The van der Waals surface area contributed by atoms with Gasteiger partial charge in [-0.2, -0.15) is 0 Å². The Morgan fingerprint density at radius 2 is 2.35 bits per heavy atom. The monoisotopic (exact) mass is 278 g/mol. The first-order valence-corrected chi connectivity index (χ1v) is 7.02. The molecule has 5 heteroatoms. The van der Waals surface area contributed by atoms with Crippen molar-refractivity contribution in [2.45, 2.75) is 19.4 Å². The summed E-state index contributed by atoms with van der Waals surface area (Å²) < 4.78 is 10.9. The van der Waals surface area contributed by atoms with Gasteiger partial charge in [-0.1, -0.05) is 18.2 Å². The number of amides is 1. The van der Waals surface area contributed by atoms with E-state index in [4.69, 9.17) is 9.47 Å². The summed E-state index contributed by atoms with van der Waals surface area (Å²) in [6.45, 7) is 5.14. The van der Waals surface area contributed by atoms with E-state index in [2.05, 4.69) is 10.6 Å². The maximum atomic E-state index is 11.7. The van der Waals surface area contributed by atoms with Gasteiger partial charge >= 0.3 is 0 Å². The van der Waals surface area contributed by atoms with E-state index in [-0.39, 0.29) is 11.9 Å². The van der Waals surface area contributed by atoms with Crippen LogP contribution in [0, 0.1) is 6.92 Å². The molecule has 0 saturated carbocycles. The summed E-state index contributed by atoms with van der Waals surface area (Å²) in [7, 11) is 0. The van der Waals surface area contributed by atoms with Crippen molar-refractivity contribution in [2.24, 2.45) is 0 Å². The average Bonchev–Trinajstić information content (AvgIpc) is 2.46. The number of carbonyl (C=O) groups is 1. The van der Waals surface area contributed by atoms with Crippen molar-refractivity contribution >= 4 is 5.91 Å². The summed E-state index contributed by atoms with van der Waals surface area (Å²) in [6, 6.07) is 7.98. The highest BCUT2D eigenvalue weighted by atomic mass is 16.5. The summed E-state index contributed by atoms with van der Waals surface area (Å²) in [5.74, 6) is 0.894. The van der Waals surface area contributed by atoms with Crippen LogP contribution in [0.2, 0.25) is 0 Å². The molecule has 0 aromatic heterocycles. The Morgan fingerprint density at radius 1 is 1.50 bits per heavy atom. The van der Waals surface area contributed by atoms with Gasteiger partial charge in [-0.3, -0.25) is 4.79 Å². The molecule has 2 N–H and O–H groups in total. The Hall–Kier alpha value is -1.59. The summed E-state index contributed by atoms with van der Waals surface area (Å²) in [5.41, 5.74) is 1.10. The van der Waals surface area contributed by atoms with E-state index in [0.29, 0.717) is 26.2 Å². The minimum Gasteiger partial charge on any atom is -0.491 e. The third kappa shape index (κ3) is 4.83. The summed E-state index contributed by atoms with van der Waals surface area (Å²) >= 11 is 0. The van der Waals surface area contributed by atoms with E-state index in [9.17, 15) is 4.79 Å². The molecule has 1 aliphatic rings. The van der Waals surface area contributed by atoms with Crippen LogP contribution in [0.3, 0.4) is 0 Å². The van der Waals surface area contributed by atoms with E-state index >= 15 is 0 Å². The van der Waals surface area contributed by atoms with Crippen molar-refractivity contribution in [3.05, 3.63) is 29.8 Å². The van der Waals surface area contributed by atoms with Gasteiger partial charge < -0.3 is 20.1 Å². The standard InChI is InChI=1S/C15H22N2O3/c1-12-4-2-3-5-14(12)20-9-7-17-15(18)10-13-11-19-8-6-16-13/h2-5,13,16H,6-11H2,1H3,(H,17,18). The number of hydrogen-bond donors (Lipinski definition) is 2. The third-order valence-electron chi connectivity index (χ3n) is 3.21. The van der Waals surface area contributed by atoms with Crippen LogP contribution in [0.25, 0.3) is 0 Å². The van der Waals surface area contributed by atoms with Crippen molar-refractivity contribution in [3.8, 4) is 5.75 Å². The molecule has 0 aliphatic carbocycles. The summed E-state index contributed by atoms with van der Waals surface area (Å²) in [4.78, 5) is 11.7. The number of carbonyl (C=O) groups excluding carboxylic acids is 1. The zero-order chi connectivity index (χ0) is 14.2. The zero-order valence-corrected chi connectivity index (χ0v) is 11.9. The van der Waals surface area contributed by atoms with Crippen LogP contribution in [0.1, 0.15) is 12.0 Å². The fourth-order valence-corrected chi connectivity index (χ4v) is 2.12. The number of morpholine rings is 1. The van der Waals surface area contributed by atoms with Crippen LogP contribution in [-0.2, 0) is 9.53 Å². The molecular formula is C15H22N2O3. The Kier molecular flexibility index (Phi) is 5.83. The minimum atomic E-state index is 0.0291. The fourth-order valence-electron chi connectivity index (χ4n) is 2.12. The molecular weight excluding hydrogens is 256 g/mol. The highest BCUT2D eigenvalue weighted by Gasteiger charge is 2.16. The van der Waals surface area contributed by atoms with Gasteiger partial charge in [-0.05, 0) is 18.6 Å². The molecule has 5 nitrogen and oxygen atoms in total. The highest BCUT2D eigenvalue weighted by Crippen LogP contribution is 2.15. The zero-order valence-electron chi connectivity index (χ0n) is 11.9. The normalized spacial score (nSPS) is 18.6. The van der Waals surface area contributed by atoms with Gasteiger partial charge in [0.1, 0.15) is 12.4 Å². The lowest BCUT2D eigenvalue weighted by atomic mass is 10.2. The molecule has 1 aromatic rings. The minimum absolute atomic E-state index is 0.0291. The van der Waals surface area contributed by atoms with Crippen molar-refractivity contribution in [1.29, 1.82) is 0 Å². The SMILES string of the molecule is Cc1ccccc1OCCNC(=O)CC1COCCN1. The molecule has 2 rings (SSSR count). The number of para-hydroxylation sites is 1.